The number of likely N-dealkylation sites (tertiary alicyclic amines) is 1. The summed E-state index contributed by atoms with van der Waals surface area (Å²) in [5.41, 5.74) is 3.24. The summed E-state index contributed by atoms with van der Waals surface area (Å²) < 4.78 is 25.8. The molecule has 0 bridgehead atoms. The maximum atomic E-state index is 14.4. The second-order valence-electron chi connectivity index (χ2n) is 11.6. The summed E-state index contributed by atoms with van der Waals surface area (Å²) in [6.45, 7) is 3.20. The topological polar surface area (TPSA) is 55.8 Å². The van der Waals surface area contributed by atoms with Gasteiger partial charge in [0.1, 0.15) is 17.3 Å². The minimum Gasteiger partial charge on any atom is -0.494 e. The zero-order chi connectivity index (χ0) is 25.7. The summed E-state index contributed by atoms with van der Waals surface area (Å²) in [5, 5.41) is 0. The summed E-state index contributed by atoms with van der Waals surface area (Å²) in [4.78, 5) is 26.8. The van der Waals surface area contributed by atoms with Gasteiger partial charge in [0.25, 0.3) is 5.91 Å². The molecule has 2 saturated carbocycles. The number of β-lactam (4-membered cyclic amide) rings is 1. The fraction of sp³-hybridized carbons (Fsp3) is 0.548. The van der Waals surface area contributed by atoms with Gasteiger partial charge in [0, 0.05) is 31.1 Å². The van der Waals surface area contributed by atoms with Crippen LogP contribution in [0.2, 0.25) is 0 Å². The molecule has 4 aliphatic rings. The van der Waals surface area contributed by atoms with Crippen LogP contribution in [0.1, 0.15) is 74.1 Å². The second kappa shape index (κ2) is 9.54. The number of ketones is 1. The van der Waals surface area contributed by atoms with Gasteiger partial charge in [-0.05, 0) is 85.6 Å². The van der Waals surface area contributed by atoms with E-state index in [0.29, 0.717) is 48.7 Å². The second-order valence-corrected chi connectivity index (χ2v) is 11.6. The zero-order valence-electron chi connectivity index (χ0n) is 21.8. The Labute approximate surface area is 218 Å². The normalized spacial score (nSPS) is 32.4. The van der Waals surface area contributed by atoms with Gasteiger partial charge < -0.3 is 14.4 Å². The number of hydrogen-bond donors (Lipinski definition) is 0. The van der Waals surface area contributed by atoms with Gasteiger partial charge >= 0.3 is 0 Å². The van der Waals surface area contributed by atoms with E-state index in [2.05, 4.69) is 25.1 Å². The van der Waals surface area contributed by atoms with Crippen LogP contribution in [0.5, 0.6) is 5.75 Å². The first kappa shape index (κ1) is 24.6. The lowest BCUT2D eigenvalue weighted by Gasteiger charge is -2.48. The summed E-state index contributed by atoms with van der Waals surface area (Å²) in [6.07, 6.45) is 6.17. The predicted octanol–water partition coefficient (Wildman–Crippen LogP) is 5.62. The molecule has 196 valence electrons. The molecule has 2 aromatic carbocycles. The SMILES string of the molecule is CO[C@H]1C(=O)N(CCCOc2ccc3c(c2)CC[C@@H]2[C@@H]3CC[C@]3(C)C(=O)CC[C@@H]23)[C@H]1c1ccccc1F. The molecule has 6 heteroatoms. The Bertz CT molecular complexity index is 1210. The molecule has 1 aliphatic heterocycles. The molecule has 0 aromatic heterocycles. The number of rotatable bonds is 7. The number of benzene rings is 2. The highest BCUT2D eigenvalue weighted by Gasteiger charge is 2.54. The molecule has 3 aliphatic carbocycles. The zero-order valence-corrected chi connectivity index (χ0v) is 21.8. The lowest BCUT2D eigenvalue weighted by molar-refractivity contribution is -0.171. The number of Topliss-reactive ketones (excluding diaryl/α,β-unsaturated/α-hetero) is 1. The summed E-state index contributed by atoms with van der Waals surface area (Å²) in [6, 6.07) is 12.7. The first-order valence-electron chi connectivity index (χ1n) is 13.8. The fourth-order valence-corrected chi connectivity index (χ4v) is 7.89. The molecule has 1 saturated heterocycles. The van der Waals surface area contributed by atoms with E-state index in [1.165, 1.54) is 24.3 Å². The maximum Gasteiger partial charge on any atom is 0.254 e. The molecule has 6 atom stereocenters. The number of aryl methyl sites for hydroxylation is 1. The van der Waals surface area contributed by atoms with Crippen molar-refractivity contribution in [2.24, 2.45) is 17.3 Å². The van der Waals surface area contributed by atoms with Gasteiger partial charge in [-0.2, -0.15) is 0 Å². The van der Waals surface area contributed by atoms with Crippen molar-refractivity contribution in [3.05, 3.63) is 65.0 Å². The molecular formula is C31H36FNO4. The number of nitrogens with zero attached hydrogens (tertiary/aromatic N) is 1. The van der Waals surface area contributed by atoms with Crippen LogP contribution in [0, 0.1) is 23.1 Å². The van der Waals surface area contributed by atoms with Crippen LogP contribution >= 0.6 is 0 Å². The third-order valence-electron chi connectivity index (χ3n) is 9.85. The summed E-state index contributed by atoms with van der Waals surface area (Å²) in [5.74, 6) is 2.65. The van der Waals surface area contributed by atoms with E-state index in [-0.39, 0.29) is 17.1 Å². The van der Waals surface area contributed by atoms with E-state index in [0.717, 1.165) is 44.3 Å². The van der Waals surface area contributed by atoms with E-state index in [1.807, 2.05) is 0 Å². The highest BCUT2D eigenvalue weighted by molar-refractivity contribution is 5.89. The average Bonchev–Trinajstić information content (AvgIpc) is 3.21. The van der Waals surface area contributed by atoms with Crippen molar-refractivity contribution in [3.8, 4) is 5.75 Å². The molecule has 0 spiro atoms. The number of hydrogen-bond acceptors (Lipinski definition) is 4. The molecule has 0 unspecified atom stereocenters. The van der Waals surface area contributed by atoms with Crippen LogP contribution in [0.25, 0.3) is 0 Å². The third kappa shape index (κ3) is 3.99. The standard InChI is InChI=1S/C31H36FNO4/c1-31-15-14-22-21-11-9-20(18-19(21)8-10-23(22)25(31)12-13-27(31)34)37-17-5-16-33-28(29(36-2)30(33)35)24-6-3-4-7-26(24)32/h3-4,6-7,9,11,18,22-23,25,28-29H,5,8,10,12-17H2,1-2H3/t22-,23-,25+,28+,29-,31+/m1/s1. The predicted molar refractivity (Wildman–Crippen MR) is 138 cm³/mol. The van der Waals surface area contributed by atoms with E-state index in [4.69, 9.17) is 9.47 Å². The number of fused-ring (bicyclic) bond motifs is 5. The van der Waals surface area contributed by atoms with Crippen molar-refractivity contribution in [1.29, 1.82) is 0 Å². The molecule has 5 nitrogen and oxygen atoms in total. The van der Waals surface area contributed by atoms with E-state index >= 15 is 0 Å². The van der Waals surface area contributed by atoms with Gasteiger partial charge in [0.2, 0.25) is 0 Å². The van der Waals surface area contributed by atoms with Crippen molar-refractivity contribution in [2.45, 2.75) is 69.9 Å². The Morgan fingerprint density at radius 2 is 1.89 bits per heavy atom. The monoisotopic (exact) mass is 505 g/mol. The fourth-order valence-electron chi connectivity index (χ4n) is 7.89. The molecule has 2 aromatic rings. The summed E-state index contributed by atoms with van der Waals surface area (Å²) >= 11 is 0. The van der Waals surface area contributed by atoms with Crippen molar-refractivity contribution in [2.75, 3.05) is 20.3 Å². The number of methoxy groups -OCH3 is 1. The van der Waals surface area contributed by atoms with Crippen LogP contribution in [0.3, 0.4) is 0 Å². The van der Waals surface area contributed by atoms with Gasteiger partial charge in [0.05, 0.1) is 12.6 Å². The molecule has 1 amide bonds. The van der Waals surface area contributed by atoms with E-state index in [9.17, 15) is 14.0 Å². The Kier molecular flexibility index (Phi) is 6.34. The van der Waals surface area contributed by atoms with Crippen LogP contribution in [0.4, 0.5) is 4.39 Å². The molecule has 1 heterocycles. The number of amides is 1. The first-order chi connectivity index (χ1) is 17.9. The van der Waals surface area contributed by atoms with E-state index < -0.39 is 12.1 Å². The van der Waals surface area contributed by atoms with Crippen LogP contribution in [-0.2, 0) is 20.7 Å². The molecule has 0 radical (unpaired) electrons. The minimum atomic E-state index is -0.637. The largest absolute Gasteiger partial charge is 0.494 e. The molecule has 6 rings (SSSR count). The molecule has 37 heavy (non-hydrogen) atoms. The summed E-state index contributed by atoms with van der Waals surface area (Å²) in [7, 11) is 1.49. The van der Waals surface area contributed by atoms with Gasteiger partial charge in [-0.25, -0.2) is 4.39 Å². The van der Waals surface area contributed by atoms with Gasteiger partial charge in [0.15, 0.2) is 6.10 Å². The van der Waals surface area contributed by atoms with Crippen molar-refractivity contribution >= 4 is 11.7 Å². The lowest BCUT2D eigenvalue weighted by Crippen LogP contribution is -2.60. The lowest BCUT2D eigenvalue weighted by atomic mass is 9.55. The maximum absolute atomic E-state index is 14.4. The molecular weight excluding hydrogens is 469 g/mol. The highest BCUT2D eigenvalue weighted by Crippen LogP contribution is 2.59. The smallest absolute Gasteiger partial charge is 0.254 e. The quantitative estimate of drug-likeness (QED) is 0.362. The number of carbonyl (C=O) groups is 2. The first-order valence-corrected chi connectivity index (χ1v) is 13.8. The van der Waals surface area contributed by atoms with Crippen LogP contribution < -0.4 is 4.74 Å². The molecule has 0 N–H and O–H groups in total. The van der Waals surface area contributed by atoms with Crippen molar-refractivity contribution in [1.82, 2.24) is 4.90 Å². The average molecular weight is 506 g/mol. The molecule has 3 fully saturated rings. The Morgan fingerprint density at radius 3 is 2.70 bits per heavy atom. The van der Waals surface area contributed by atoms with Gasteiger partial charge in [-0.3, -0.25) is 9.59 Å². The number of carbonyl (C=O) groups excluding carboxylic acids is 2. The van der Waals surface area contributed by atoms with Crippen molar-refractivity contribution in [3.63, 3.8) is 0 Å². The van der Waals surface area contributed by atoms with Crippen LogP contribution in [0.15, 0.2) is 42.5 Å². The van der Waals surface area contributed by atoms with Gasteiger partial charge in [-0.1, -0.05) is 31.2 Å². The van der Waals surface area contributed by atoms with Crippen molar-refractivity contribution < 1.29 is 23.5 Å². The third-order valence-corrected chi connectivity index (χ3v) is 9.85. The minimum absolute atomic E-state index is 0.0892. The Morgan fingerprint density at radius 1 is 1.05 bits per heavy atom. The highest BCUT2D eigenvalue weighted by atomic mass is 19.1. The number of ether oxygens (including phenoxy) is 2. The van der Waals surface area contributed by atoms with Gasteiger partial charge in [-0.15, -0.1) is 0 Å². The van der Waals surface area contributed by atoms with Crippen LogP contribution in [-0.4, -0.2) is 43.0 Å². The number of halogens is 1. The van der Waals surface area contributed by atoms with E-state index in [1.54, 1.807) is 23.1 Å². The Hall–Kier alpha value is -2.73. The Balaban J connectivity index is 1.07.